The highest BCUT2D eigenvalue weighted by Gasteiger charge is 2.20. The van der Waals surface area contributed by atoms with Crippen LogP contribution in [0.2, 0.25) is 0 Å². The monoisotopic (exact) mass is 212 g/mol. The molecule has 0 bridgehead atoms. The molecule has 2 nitrogen and oxygen atoms in total. The first kappa shape index (κ1) is 13.0. The molecule has 15 heavy (non-hydrogen) atoms. The van der Waals surface area contributed by atoms with E-state index >= 15 is 0 Å². The van der Waals surface area contributed by atoms with E-state index in [-0.39, 0.29) is 0 Å². The van der Waals surface area contributed by atoms with E-state index in [1.165, 1.54) is 38.8 Å². The van der Waals surface area contributed by atoms with Crippen LogP contribution >= 0.6 is 0 Å². The summed E-state index contributed by atoms with van der Waals surface area (Å²) < 4.78 is 0. The van der Waals surface area contributed by atoms with Gasteiger partial charge in [-0.15, -0.1) is 0 Å². The Hall–Kier alpha value is -0.0800. The highest BCUT2D eigenvalue weighted by Crippen LogP contribution is 2.27. The lowest BCUT2D eigenvalue weighted by Crippen LogP contribution is -2.35. The first-order valence-electron chi connectivity index (χ1n) is 6.50. The second kappa shape index (κ2) is 6.49. The van der Waals surface area contributed by atoms with Gasteiger partial charge in [0.15, 0.2) is 0 Å². The SMILES string of the molecule is CC(C)CC(CN)CN(C)CC1CCC1. The second-order valence-corrected chi connectivity index (χ2v) is 5.75. The molecule has 0 aromatic heterocycles. The third-order valence-corrected chi connectivity index (χ3v) is 3.50. The van der Waals surface area contributed by atoms with Crippen LogP contribution in [-0.4, -0.2) is 31.6 Å². The molecule has 0 amide bonds. The lowest BCUT2D eigenvalue weighted by Gasteiger charge is -2.32. The minimum atomic E-state index is 0.690. The van der Waals surface area contributed by atoms with Gasteiger partial charge in [-0.1, -0.05) is 20.3 Å². The third-order valence-electron chi connectivity index (χ3n) is 3.50. The van der Waals surface area contributed by atoms with E-state index in [9.17, 15) is 0 Å². The standard InChI is InChI=1S/C13H28N2/c1-11(2)7-13(8-14)10-15(3)9-12-5-4-6-12/h11-13H,4-10,14H2,1-3H3. The van der Waals surface area contributed by atoms with Crippen molar-refractivity contribution in [1.29, 1.82) is 0 Å². The summed E-state index contributed by atoms with van der Waals surface area (Å²) >= 11 is 0. The molecule has 0 aliphatic heterocycles. The molecule has 0 aromatic rings. The third kappa shape index (κ3) is 4.98. The summed E-state index contributed by atoms with van der Waals surface area (Å²) in [5.74, 6) is 2.44. The predicted octanol–water partition coefficient (Wildman–Crippen LogP) is 2.34. The van der Waals surface area contributed by atoms with Crippen LogP contribution in [0.25, 0.3) is 0 Å². The molecule has 1 rings (SSSR count). The number of nitrogens with two attached hydrogens (primary N) is 1. The van der Waals surface area contributed by atoms with Crippen LogP contribution in [0.5, 0.6) is 0 Å². The van der Waals surface area contributed by atoms with Gasteiger partial charge >= 0.3 is 0 Å². The van der Waals surface area contributed by atoms with Gasteiger partial charge in [0.05, 0.1) is 0 Å². The Morgan fingerprint density at radius 1 is 1.33 bits per heavy atom. The molecule has 2 N–H and O–H groups in total. The first-order chi connectivity index (χ1) is 7.11. The summed E-state index contributed by atoms with van der Waals surface area (Å²) in [7, 11) is 2.25. The molecule has 1 aliphatic rings. The zero-order valence-corrected chi connectivity index (χ0v) is 10.7. The smallest absolute Gasteiger partial charge is 0.00189 e. The maximum Gasteiger partial charge on any atom is 0.00189 e. The highest BCUT2D eigenvalue weighted by atomic mass is 15.1. The van der Waals surface area contributed by atoms with Gasteiger partial charge in [-0.05, 0) is 50.6 Å². The Bertz CT molecular complexity index is 164. The molecule has 1 atom stereocenters. The van der Waals surface area contributed by atoms with Crippen molar-refractivity contribution < 1.29 is 0 Å². The largest absolute Gasteiger partial charge is 0.330 e. The molecule has 0 aromatic carbocycles. The van der Waals surface area contributed by atoms with Gasteiger partial charge in [-0.2, -0.15) is 0 Å². The predicted molar refractivity (Wildman–Crippen MR) is 66.8 cm³/mol. The molecule has 1 fully saturated rings. The van der Waals surface area contributed by atoms with Gasteiger partial charge in [0, 0.05) is 13.1 Å². The zero-order valence-electron chi connectivity index (χ0n) is 10.7. The molecule has 0 spiro atoms. The van der Waals surface area contributed by atoms with E-state index in [4.69, 9.17) is 5.73 Å². The maximum absolute atomic E-state index is 5.82. The van der Waals surface area contributed by atoms with Crippen LogP contribution in [-0.2, 0) is 0 Å². The Labute approximate surface area is 95.2 Å². The zero-order chi connectivity index (χ0) is 11.3. The average molecular weight is 212 g/mol. The van der Waals surface area contributed by atoms with Crippen molar-refractivity contribution in [2.45, 2.75) is 39.5 Å². The van der Waals surface area contributed by atoms with Crippen molar-refractivity contribution in [1.82, 2.24) is 4.90 Å². The Morgan fingerprint density at radius 3 is 2.40 bits per heavy atom. The molecule has 0 heterocycles. The molecule has 1 saturated carbocycles. The van der Waals surface area contributed by atoms with Crippen LogP contribution in [0.15, 0.2) is 0 Å². The quantitative estimate of drug-likeness (QED) is 0.702. The Kier molecular flexibility index (Phi) is 5.62. The van der Waals surface area contributed by atoms with Gasteiger partial charge in [0.2, 0.25) is 0 Å². The molecule has 2 heteroatoms. The summed E-state index contributed by atoms with van der Waals surface area (Å²) in [5.41, 5.74) is 5.82. The molecular formula is C13H28N2. The molecule has 0 saturated heterocycles. The maximum atomic E-state index is 5.82. The van der Waals surface area contributed by atoms with E-state index in [0.717, 1.165) is 18.4 Å². The molecule has 1 unspecified atom stereocenters. The van der Waals surface area contributed by atoms with Gasteiger partial charge in [-0.25, -0.2) is 0 Å². The molecule has 1 aliphatic carbocycles. The van der Waals surface area contributed by atoms with Crippen LogP contribution in [0.4, 0.5) is 0 Å². The fourth-order valence-corrected chi connectivity index (χ4v) is 2.54. The summed E-state index contributed by atoms with van der Waals surface area (Å²) in [6, 6.07) is 0. The van der Waals surface area contributed by atoms with Gasteiger partial charge in [0.25, 0.3) is 0 Å². The van der Waals surface area contributed by atoms with Crippen molar-refractivity contribution >= 4 is 0 Å². The molecular weight excluding hydrogens is 184 g/mol. The first-order valence-corrected chi connectivity index (χ1v) is 6.50. The van der Waals surface area contributed by atoms with Crippen LogP contribution in [0.1, 0.15) is 39.5 Å². The van der Waals surface area contributed by atoms with E-state index in [2.05, 4.69) is 25.8 Å². The fraction of sp³-hybridized carbons (Fsp3) is 1.00. The number of rotatable bonds is 7. The average Bonchev–Trinajstić information content (AvgIpc) is 2.09. The van der Waals surface area contributed by atoms with Crippen LogP contribution < -0.4 is 5.73 Å². The van der Waals surface area contributed by atoms with E-state index in [1.54, 1.807) is 0 Å². The summed E-state index contributed by atoms with van der Waals surface area (Å²) in [6.45, 7) is 7.89. The number of hydrogen-bond donors (Lipinski definition) is 1. The molecule has 0 radical (unpaired) electrons. The lowest BCUT2D eigenvalue weighted by atomic mass is 9.85. The van der Waals surface area contributed by atoms with Crippen molar-refractivity contribution in [3.8, 4) is 0 Å². The van der Waals surface area contributed by atoms with Crippen LogP contribution in [0.3, 0.4) is 0 Å². The van der Waals surface area contributed by atoms with Gasteiger partial charge in [0.1, 0.15) is 0 Å². The highest BCUT2D eigenvalue weighted by molar-refractivity contribution is 4.74. The number of hydrogen-bond acceptors (Lipinski definition) is 2. The summed E-state index contributed by atoms with van der Waals surface area (Å²) in [4.78, 5) is 2.49. The van der Waals surface area contributed by atoms with Crippen molar-refractivity contribution in [3.63, 3.8) is 0 Å². The number of nitrogens with zero attached hydrogens (tertiary/aromatic N) is 1. The van der Waals surface area contributed by atoms with E-state index in [1.807, 2.05) is 0 Å². The Morgan fingerprint density at radius 2 is 2.00 bits per heavy atom. The van der Waals surface area contributed by atoms with Crippen molar-refractivity contribution in [2.75, 3.05) is 26.7 Å². The van der Waals surface area contributed by atoms with Crippen molar-refractivity contribution in [2.24, 2.45) is 23.5 Å². The van der Waals surface area contributed by atoms with Crippen molar-refractivity contribution in [3.05, 3.63) is 0 Å². The summed E-state index contributed by atoms with van der Waals surface area (Å²) in [6.07, 6.45) is 5.61. The van der Waals surface area contributed by atoms with Gasteiger partial charge in [-0.3, -0.25) is 0 Å². The minimum Gasteiger partial charge on any atom is -0.330 e. The van der Waals surface area contributed by atoms with E-state index < -0.39 is 0 Å². The topological polar surface area (TPSA) is 29.3 Å². The summed E-state index contributed by atoms with van der Waals surface area (Å²) in [5, 5.41) is 0. The lowest BCUT2D eigenvalue weighted by molar-refractivity contribution is 0.179. The van der Waals surface area contributed by atoms with Gasteiger partial charge < -0.3 is 10.6 Å². The molecule has 90 valence electrons. The fourth-order valence-electron chi connectivity index (χ4n) is 2.54. The minimum absolute atomic E-state index is 0.690. The van der Waals surface area contributed by atoms with Crippen LogP contribution in [0, 0.1) is 17.8 Å². The second-order valence-electron chi connectivity index (χ2n) is 5.75. The van der Waals surface area contributed by atoms with E-state index in [0.29, 0.717) is 5.92 Å². The normalized spacial score (nSPS) is 19.6. The Balaban J connectivity index is 2.17.